The van der Waals surface area contributed by atoms with Gasteiger partial charge in [0.05, 0.1) is 0 Å². The van der Waals surface area contributed by atoms with Crippen molar-refractivity contribution in [3.05, 3.63) is 58.7 Å². The lowest BCUT2D eigenvalue weighted by atomic mass is 9.87. The average molecular weight is 258 g/mol. The van der Waals surface area contributed by atoms with Crippen molar-refractivity contribution in [3.63, 3.8) is 0 Å². The first-order valence-corrected chi connectivity index (χ1v) is 7.23. The molecule has 0 nitrogen and oxygen atoms in total. The topological polar surface area (TPSA) is 0 Å². The van der Waals surface area contributed by atoms with Crippen molar-refractivity contribution < 1.29 is 0 Å². The highest BCUT2D eigenvalue weighted by Gasteiger charge is 2.14. The van der Waals surface area contributed by atoms with Crippen molar-refractivity contribution in [1.82, 2.24) is 0 Å². The molecule has 0 saturated carbocycles. The second-order valence-corrected chi connectivity index (χ2v) is 6.08. The van der Waals surface area contributed by atoms with Crippen LogP contribution >= 0.6 is 0 Å². The molecule has 0 aliphatic carbocycles. The fraction of sp³-hybridized carbons (Fsp3) is 0.200. The molecule has 0 heteroatoms. The van der Waals surface area contributed by atoms with Gasteiger partial charge in [-0.2, -0.15) is 0 Å². The van der Waals surface area contributed by atoms with Crippen molar-refractivity contribution in [2.75, 3.05) is 0 Å². The third-order valence-corrected chi connectivity index (χ3v) is 4.82. The Bertz CT molecular complexity index is 974. The van der Waals surface area contributed by atoms with Gasteiger partial charge in [-0.15, -0.1) is 0 Å². The Labute approximate surface area is 119 Å². The van der Waals surface area contributed by atoms with Crippen LogP contribution in [0.4, 0.5) is 0 Å². The molecule has 0 heterocycles. The maximum absolute atomic E-state index is 2.34. The van der Waals surface area contributed by atoms with Gasteiger partial charge >= 0.3 is 0 Å². The van der Waals surface area contributed by atoms with Crippen molar-refractivity contribution in [1.29, 1.82) is 0 Å². The molecule has 0 N–H and O–H groups in total. The average Bonchev–Trinajstić information content (AvgIpc) is 2.42. The van der Waals surface area contributed by atoms with Gasteiger partial charge in [0.2, 0.25) is 0 Å². The van der Waals surface area contributed by atoms with E-state index >= 15 is 0 Å². The molecule has 0 aliphatic heterocycles. The first kappa shape index (κ1) is 11.7. The largest absolute Gasteiger partial charge is 0.0581 e. The summed E-state index contributed by atoms with van der Waals surface area (Å²) in [6, 6.07) is 13.7. The van der Waals surface area contributed by atoms with Gasteiger partial charge in [-0.3, -0.25) is 0 Å². The molecule has 0 aromatic heterocycles. The van der Waals surface area contributed by atoms with E-state index in [0.717, 1.165) is 0 Å². The zero-order chi connectivity index (χ0) is 14.0. The maximum Gasteiger partial charge on any atom is -0.00212 e. The third kappa shape index (κ3) is 1.31. The second kappa shape index (κ2) is 3.73. The molecule has 4 aromatic carbocycles. The molecule has 0 bridgehead atoms. The summed E-state index contributed by atoms with van der Waals surface area (Å²) in [5.74, 6) is 0. The molecule has 0 aliphatic rings. The summed E-state index contributed by atoms with van der Waals surface area (Å²) in [5.41, 5.74) is 5.56. The van der Waals surface area contributed by atoms with Gasteiger partial charge in [0.1, 0.15) is 0 Å². The van der Waals surface area contributed by atoms with Gasteiger partial charge in [-0.25, -0.2) is 0 Å². The van der Waals surface area contributed by atoms with E-state index in [1.54, 1.807) is 0 Å². The third-order valence-electron chi connectivity index (χ3n) is 4.82. The standard InChI is InChI=1S/C20H18/c1-11-5-6-15-10-13(3)18-14(4)12(2)9-16-7-8-17(11)19(15)20(16)18/h5-10H,1-4H3. The first-order valence-electron chi connectivity index (χ1n) is 7.23. The highest BCUT2D eigenvalue weighted by Crippen LogP contribution is 2.39. The van der Waals surface area contributed by atoms with Gasteiger partial charge in [-0.1, -0.05) is 36.4 Å². The molecule has 4 rings (SSSR count). The lowest BCUT2D eigenvalue weighted by Crippen LogP contribution is -1.93. The Hall–Kier alpha value is -2.08. The predicted octanol–water partition coefficient (Wildman–Crippen LogP) is 5.82. The van der Waals surface area contributed by atoms with E-state index in [0.29, 0.717) is 0 Å². The minimum Gasteiger partial charge on any atom is -0.0581 e. The van der Waals surface area contributed by atoms with Crippen LogP contribution in [0.1, 0.15) is 22.3 Å². The van der Waals surface area contributed by atoms with Crippen LogP contribution in [-0.4, -0.2) is 0 Å². The Balaban J connectivity index is 2.47. The molecule has 98 valence electrons. The maximum atomic E-state index is 2.34. The van der Waals surface area contributed by atoms with E-state index in [1.807, 2.05) is 0 Å². The fourth-order valence-electron chi connectivity index (χ4n) is 3.67. The second-order valence-electron chi connectivity index (χ2n) is 6.08. The zero-order valence-electron chi connectivity index (χ0n) is 12.5. The Morgan fingerprint density at radius 2 is 1.20 bits per heavy atom. The summed E-state index contributed by atoms with van der Waals surface area (Å²) in [6.45, 7) is 8.91. The molecule has 0 fully saturated rings. The Morgan fingerprint density at radius 3 is 2.00 bits per heavy atom. The summed E-state index contributed by atoms with van der Waals surface area (Å²) < 4.78 is 0. The van der Waals surface area contributed by atoms with E-state index in [4.69, 9.17) is 0 Å². The Morgan fingerprint density at radius 1 is 0.550 bits per heavy atom. The van der Waals surface area contributed by atoms with Crippen LogP contribution in [0.25, 0.3) is 32.3 Å². The zero-order valence-corrected chi connectivity index (χ0v) is 12.5. The molecule has 0 unspecified atom stereocenters. The number of hydrogen-bond donors (Lipinski definition) is 0. The molecule has 20 heavy (non-hydrogen) atoms. The summed E-state index contributed by atoms with van der Waals surface area (Å²) in [7, 11) is 0. The molecule has 0 saturated heterocycles. The lowest BCUT2D eigenvalue weighted by molar-refractivity contribution is 1.37. The first-order chi connectivity index (χ1) is 9.58. The summed E-state index contributed by atoms with van der Waals surface area (Å²) >= 11 is 0. The van der Waals surface area contributed by atoms with Crippen LogP contribution < -0.4 is 0 Å². The highest BCUT2D eigenvalue weighted by molar-refractivity contribution is 6.25. The minimum absolute atomic E-state index is 1.36. The van der Waals surface area contributed by atoms with Crippen molar-refractivity contribution in [2.24, 2.45) is 0 Å². The molecule has 0 atom stereocenters. The van der Waals surface area contributed by atoms with Crippen LogP contribution in [0.3, 0.4) is 0 Å². The summed E-state index contributed by atoms with van der Waals surface area (Å²) in [6.07, 6.45) is 0. The molecule has 0 radical (unpaired) electrons. The van der Waals surface area contributed by atoms with Gasteiger partial charge in [-0.05, 0) is 82.3 Å². The van der Waals surface area contributed by atoms with Crippen molar-refractivity contribution in [3.8, 4) is 0 Å². The number of aryl methyl sites for hydroxylation is 4. The van der Waals surface area contributed by atoms with Crippen LogP contribution in [0, 0.1) is 27.7 Å². The van der Waals surface area contributed by atoms with E-state index in [-0.39, 0.29) is 0 Å². The van der Waals surface area contributed by atoms with Crippen molar-refractivity contribution >= 4 is 32.3 Å². The van der Waals surface area contributed by atoms with Crippen LogP contribution in [0.2, 0.25) is 0 Å². The quantitative estimate of drug-likeness (QED) is 0.349. The number of hydrogen-bond acceptors (Lipinski definition) is 0. The lowest BCUT2D eigenvalue weighted by Gasteiger charge is -2.17. The van der Waals surface area contributed by atoms with Crippen molar-refractivity contribution in [2.45, 2.75) is 27.7 Å². The predicted molar refractivity (Wildman–Crippen MR) is 89.1 cm³/mol. The van der Waals surface area contributed by atoms with E-state index in [9.17, 15) is 0 Å². The normalized spacial score (nSPS) is 12.0. The number of rotatable bonds is 0. The van der Waals surface area contributed by atoms with Crippen LogP contribution in [0.15, 0.2) is 36.4 Å². The fourth-order valence-corrected chi connectivity index (χ4v) is 3.67. The molecule has 0 amide bonds. The number of benzene rings is 4. The molecular weight excluding hydrogens is 240 g/mol. The van der Waals surface area contributed by atoms with Crippen LogP contribution in [0.5, 0.6) is 0 Å². The van der Waals surface area contributed by atoms with Gasteiger partial charge in [0.15, 0.2) is 0 Å². The van der Waals surface area contributed by atoms with Gasteiger partial charge in [0, 0.05) is 0 Å². The van der Waals surface area contributed by atoms with E-state index < -0.39 is 0 Å². The Kier molecular flexibility index (Phi) is 2.18. The summed E-state index contributed by atoms with van der Waals surface area (Å²) in [4.78, 5) is 0. The van der Waals surface area contributed by atoms with Gasteiger partial charge in [0.25, 0.3) is 0 Å². The SMILES string of the molecule is Cc1cc2ccc3c(C)ccc4cc(C)c(c1C)c2c43. The molecule has 4 aromatic rings. The van der Waals surface area contributed by atoms with Gasteiger partial charge < -0.3 is 0 Å². The molecular formula is C20H18. The summed E-state index contributed by atoms with van der Waals surface area (Å²) in [5, 5.41) is 8.46. The van der Waals surface area contributed by atoms with E-state index in [1.165, 1.54) is 54.6 Å². The smallest absolute Gasteiger partial charge is 0.00212 e. The highest BCUT2D eigenvalue weighted by atomic mass is 14.2. The van der Waals surface area contributed by atoms with E-state index in [2.05, 4.69) is 64.1 Å². The minimum atomic E-state index is 1.36. The molecule has 0 spiro atoms. The van der Waals surface area contributed by atoms with Crippen LogP contribution in [-0.2, 0) is 0 Å². The monoisotopic (exact) mass is 258 g/mol.